The Morgan fingerprint density at radius 1 is 0.818 bits per heavy atom. The van der Waals surface area contributed by atoms with Crippen molar-refractivity contribution in [3.8, 4) is 0 Å². The van der Waals surface area contributed by atoms with Crippen LogP contribution in [0.4, 0.5) is 10.5 Å². The molecule has 1 aliphatic heterocycles. The molecule has 0 radical (unpaired) electrons. The highest BCUT2D eigenvalue weighted by molar-refractivity contribution is 6.30. The van der Waals surface area contributed by atoms with Crippen LogP contribution in [0.5, 0.6) is 0 Å². The summed E-state index contributed by atoms with van der Waals surface area (Å²) in [6.07, 6.45) is 5.28. The average molecular weight is 459 g/mol. The third kappa shape index (κ3) is 4.16. The lowest BCUT2D eigenvalue weighted by atomic mass is 9.69. The number of carbonyl (C=O) groups is 2. The van der Waals surface area contributed by atoms with Gasteiger partial charge in [0.1, 0.15) is 0 Å². The van der Waals surface area contributed by atoms with Crippen molar-refractivity contribution in [2.75, 3.05) is 4.90 Å². The molecule has 0 spiro atoms. The molecule has 1 aliphatic carbocycles. The molecule has 3 aromatic rings. The Morgan fingerprint density at radius 2 is 1.52 bits per heavy atom. The zero-order valence-corrected chi connectivity index (χ0v) is 19.3. The molecule has 0 atom stereocenters. The van der Waals surface area contributed by atoms with E-state index in [2.05, 4.69) is 11.4 Å². The van der Waals surface area contributed by atoms with Gasteiger partial charge in [-0.3, -0.25) is 15.0 Å². The monoisotopic (exact) mass is 458 g/mol. The molecule has 1 fully saturated rings. The fourth-order valence-electron chi connectivity index (χ4n) is 5.33. The van der Waals surface area contributed by atoms with Crippen LogP contribution in [-0.2, 0) is 23.2 Å². The van der Waals surface area contributed by atoms with Gasteiger partial charge in [-0.1, -0.05) is 85.5 Å². The highest BCUT2D eigenvalue weighted by Crippen LogP contribution is 2.40. The summed E-state index contributed by atoms with van der Waals surface area (Å²) in [5.41, 5.74) is 4.33. The lowest BCUT2D eigenvalue weighted by Gasteiger charge is -2.36. The van der Waals surface area contributed by atoms with Crippen LogP contribution in [0.3, 0.4) is 0 Å². The lowest BCUT2D eigenvalue weighted by molar-refractivity contribution is -0.126. The quantitative estimate of drug-likeness (QED) is 0.483. The average Bonchev–Trinajstić information content (AvgIpc) is 3.01. The zero-order valence-electron chi connectivity index (χ0n) is 18.5. The van der Waals surface area contributed by atoms with Crippen LogP contribution in [0.1, 0.15) is 54.4 Å². The van der Waals surface area contributed by atoms with Crippen molar-refractivity contribution < 1.29 is 9.59 Å². The minimum Gasteiger partial charge on any atom is -0.289 e. The van der Waals surface area contributed by atoms with E-state index in [0.717, 1.165) is 60.0 Å². The van der Waals surface area contributed by atoms with E-state index < -0.39 is 5.41 Å². The number of carbonyl (C=O) groups excluding carboxylic acids is 2. The molecule has 0 saturated heterocycles. The van der Waals surface area contributed by atoms with E-state index in [1.54, 1.807) is 11.0 Å². The van der Waals surface area contributed by atoms with Gasteiger partial charge in [-0.15, -0.1) is 0 Å². The molecule has 2 aliphatic rings. The summed E-state index contributed by atoms with van der Waals surface area (Å²) in [5.74, 6) is -0.202. The Labute approximate surface area is 199 Å². The minimum absolute atomic E-state index is 0.202. The Balaban J connectivity index is 1.48. The van der Waals surface area contributed by atoms with Gasteiger partial charge in [-0.05, 0) is 59.7 Å². The normalized spacial score (nSPS) is 16.8. The SMILES string of the molecule is O=C(NC(=O)C1(c2ccccc2)CCCCC1)N1Cc2ccccc2Cc2cc(Cl)ccc21. The van der Waals surface area contributed by atoms with Gasteiger partial charge < -0.3 is 0 Å². The number of nitrogens with one attached hydrogen (secondary N) is 1. The van der Waals surface area contributed by atoms with Gasteiger partial charge in [-0.2, -0.15) is 0 Å². The first-order chi connectivity index (χ1) is 16.1. The largest absolute Gasteiger partial charge is 0.328 e. The van der Waals surface area contributed by atoms with Crippen LogP contribution in [0.2, 0.25) is 5.02 Å². The van der Waals surface area contributed by atoms with Crippen LogP contribution in [-0.4, -0.2) is 11.9 Å². The summed E-state index contributed by atoms with van der Waals surface area (Å²) in [5, 5.41) is 3.42. The van der Waals surface area contributed by atoms with Crippen LogP contribution in [0.25, 0.3) is 0 Å². The van der Waals surface area contributed by atoms with E-state index in [1.165, 1.54) is 0 Å². The number of urea groups is 1. The topological polar surface area (TPSA) is 49.4 Å². The molecule has 3 amide bonds. The van der Waals surface area contributed by atoms with Crippen molar-refractivity contribution in [2.45, 2.75) is 50.5 Å². The molecule has 0 bridgehead atoms. The van der Waals surface area contributed by atoms with E-state index in [-0.39, 0.29) is 11.9 Å². The van der Waals surface area contributed by atoms with E-state index in [0.29, 0.717) is 18.0 Å². The first kappa shape index (κ1) is 21.7. The number of hydrogen-bond acceptors (Lipinski definition) is 2. The van der Waals surface area contributed by atoms with Crippen LogP contribution in [0, 0.1) is 0 Å². The molecule has 1 saturated carbocycles. The highest BCUT2D eigenvalue weighted by atomic mass is 35.5. The maximum absolute atomic E-state index is 13.7. The van der Waals surface area contributed by atoms with Gasteiger partial charge in [0.2, 0.25) is 5.91 Å². The highest BCUT2D eigenvalue weighted by Gasteiger charge is 2.42. The molecular weight excluding hydrogens is 432 g/mol. The maximum atomic E-state index is 13.7. The molecular formula is C28H27ClN2O2. The zero-order chi connectivity index (χ0) is 22.8. The number of hydrogen-bond donors (Lipinski definition) is 1. The molecule has 1 heterocycles. The van der Waals surface area contributed by atoms with E-state index in [9.17, 15) is 9.59 Å². The molecule has 5 rings (SSSR count). The number of benzene rings is 3. The van der Waals surface area contributed by atoms with E-state index in [1.807, 2.05) is 60.7 Å². The Hall–Kier alpha value is -3.11. The van der Waals surface area contributed by atoms with Gasteiger partial charge in [0, 0.05) is 10.7 Å². The Bertz CT molecular complexity index is 1190. The predicted octanol–water partition coefficient (Wildman–Crippen LogP) is 6.39. The van der Waals surface area contributed by atoms with Crippen molar-refractivity contribution in [1.82, 2.24) is 5.32 Å². The van der Waals surface area contributed by atoms with E-state index >= 15 is 0 Å². The minimum atomic E-state index is -0.665. The lowest BCUT2D eigenvalue weighted by Crippen LogP contribution is -2.51. The fraction of sp³-hybridized carbons (Fsp3) is 0.286. The second kappa shape index (κ2) is 9.03. The summed E-state index contributed by atoms with van der Waals surface area (Å²) >= 11 is 6.28. The first-order valence-electron chi connectivity index (χ1n) is 11.6. The van der Waals surface area contributed by atoms with Crippen molar-refractivity contribution in [1.29, 1.82) is 0 Å². The molecule has 3 aromatic carbocycles. The maximum Gasteiger partial charge on any atom is 0.328 e. The van der Waals surface area contributed by atoms with Gasteiger partial charge >= 0.3 is 6.03 Å². The summed E-state index contributed by atoms with van der Waals surface area (Å²) in [6.45, 7) is 0.405. The Kier molecular flexibility index (Phi) is 5.94. The number of nitrogens with zero attached hydrogens (tertiary/aromatic N) is 1. The summed E-state index contributed by atoms with van der Waals surface area (Å²) in [6, 6.07) is 23.2. The molecule has 4 nitrogen and oxygen atoms in total. The number of rotatable bonds is 2. The molecule has 168 valence electrons. The number of fused-ring (bicyclic) bond motifs is 2. The summed E-state index contributed by atoms with van der Waals surface area (Å²) in [4.78, 5) is 29.0. The number of anilines is 1. The fourth-order valence-corrected chi connectivity index (χ4v) is 5.52. The number of imide groups is 1. The second-order valence-corrected chi connectivity index (χ2v) is 9.51. The smallest absolute Gasteiger partial charge is 0.289 e. The van der Waals surface area contributed by atoms with Gasteiger partial charge in [0.25, 0.3) is 0 Å². The third-order valence-corrected chi connectivity index (χ3v) is 7.33. The van der Waals surface area contributed by atoms with Crippen LogP contribution >= 0.6 is 11.6 Å². The number of amides is 3. The number of halogens is 1. The van der Waals surface area contributed by atoms with Gasteiger partial charge in [0.05, 0.1) is 12.0 Å². The first-order valence-corrected chi connectivity index (χ1v) is 12.0. The molecule has 1 N–H and O–H groups in total. The van der Waals surface area contributed by atoms with Crippen LogP contribution in [0.15, 0.2) is 72.8 Å². The third-order valence-electron chi connectivity index (χ3n) is 7.09. The van der Waals surface area contributed by atoms with Crippen molar-refractivity contribution >= 4 is 29.2 Å². The summed E-state index contributed by atoms with van der Waals surface area (Å²) < 4.78 is 0. The van der Waals surface area contributed by atoms with Crippen molar-refractivity contribution in [3.63, 3.8) is 0 Å². The van der Waals surface area contributed by atoms with Gasteiger partial charge in [-0.25, -0.2) is 4.79 Å². The van der Waals surface area contributed by atoms with Gasteiger partial charge in [0.15, 0.2) is 0 Å². The molecule has 5 heteroatoms. The van der Waals surface area contributed by atoms with Crippen molar-refractivity contribution in [2.24, 2.45) is 0 Å². The molecule has 0 unspecified atom stereocenters. The van der Waals surface area contributed by atoms with Crippen molar-refractivity contribution in [3.05, 3.63) is 100 Å². The molecule has 0 aromatic heterocycles. The Morgan fingerprint density at radius 3 is 2.27 bits per heavy atom. The predicted molar refractivity (Wildman–Crippen MR) is 132 cm³/mol. The second-order valence-electron chi connectivity index (χ2n) is 9.07. The van der Waals surface area contributed by atoms with E-state index in [4.69, 9.17) is 11.6 Å². The standard InChI is InChI=1S/C28H27ClN2O2/c29-24-13-14-25-22(18-24)17-20-9-5-6-10-21(20)19-31(25)27(33)30-26(32)28(15-7-2-8-16-28)23-11-3-1-4-12-23/h1,3-6,9-14,18H,2,7-8,15-17,19H2,(H,30,32,33). The van der Waals surface area contributed by atoms with Crippen LogP contribution < -0.4 is 10.2 Å². The summed E-state index contributed by atoms with van der Waals surface area (Å²) in [7, 11) is 0. The molecule has 33 heavy (non-hydrogen) atoms.